The minimum absolute atomic E-state index is 0.464. The summed E-state index contributed by atoms with van der Waals surface area (Å²) in [6.45, 7) is 2.04. The molecule has 0 amide bonds. The van der Waals surface area contributed by atoms with Crippen LogP contribution in [0.1, 0.15) is 5.56 Å². The molecular weight excluding hydrogens is 295 g/mol. The van der Waals surface area contributed by atoms with Gasteiger partial charge in [-0.25, -0.2) is 4.98 Å². The number of aromatic nitrogens is 2. The fraction of sp³-hybridized carbons (Fsp3) is 0.133. The van der Waals surface area contributed by atoms with Gasteiger partial charge in [0.05, 0.1) is 28.2 Å². The second-order valence-corrected chi connectivity index (χ2v) is 5.39. The number of nitrogens with one attached hydrogen (secondary N) is 1. The second kappa shape index (κ2) is 5.00. The van der Waals surface area contributed by atoms with Gasteiger partial charge in [-0.05, 0) is 36.8 Å². The van der Waals surface area contributed by atoms with Crippen LogP contribution in [0.4, 0.5) is 0 Å². The molecule has 0 saturated carbocycles. The highest BCUT2D eigenvalue weighted by atomic mass is 35.5. The molecule has 0 radical (unpaired) electrons. The van der Waals surface area contributed by atoms with Gasteiger partial charge in [-0.1, -0.05) is 29.3 Å². The first-order chi connectivity index (χ1) is 9.58. The molecule has 0 aliphatic heterocycles. The molecule has 3 aromatic rings. The van der Waals surface area contributed by atoms with Crippen LogP contribution in [0.3, 0.4) is 0 Å². The zero-order valence-electron chi connectivity index (χ0n) is 11.0. The first kappa shape index (κ1) is 13.3. The maximum absolute atomic E-state index is 6.16. The highest BCUT2D eigenvalue weighted by Gasteiger charge is 2.12. The molecule has 0 fully saturated rings. The number of halogens is 2. The predicted molar refractivity (Wildman–Crippen MR) is 82.8 cm³/mol. The Kier molecular flexibility index (Phi) is 3.32. The number of aromatic amines is 1. The average molecular weight is 307 g/mol. The van der Waals surface area contributed by atoms with E-state index in [1.165, 1.54) is 12.7 Å². The fourth-order valence-electron chi connectivity index (χ4n) is 2.15. The SMILES string of the molecule is COc1c(Cl)cc(-c2nc3ccc(C)cc3[nH]2)cc1Cl. The summed E-state index contributed by atoms with van der Waals surface area (Å²) < 4.78 is 5.15. The van der Waals surface area contributed by atoms with Crippen LogP contribution in [0.2, 0.25) is 10.0 Å². The quantitative estimate of drug-likeness (QED) is 0.734. The van der Waals surface area contributed by atoms with Crippen LogP contribution in [0, 0.1) is 6.92 Å². The minimum atomic E-state index is 0.464. The fourth-order valence-corrected chi connectivity index (χ4v) is 2.79. The standard InChI is InChI=1S/C15H12Cl2N2O/c1-8-3-4-12-13(5-8)19-15(18-12)9-6-10(16)14(20-2)11(17)7-9/h3-7H,1-2H3,(H,18,19). The van der Waals surface area contributed by atoms with Gasteiger partial charge in [-0.15, -0.1) is 0 Å². The van der Waals surface area contributed by atoms with Crippen LogP contribution >= 0.6 is 23.2 Å². The van der Waals surface area contributed by atoms with E-state index in [0.29, 0.717) is 15.8 Å². The largest absolute Gasteiger partial charge is 0.494 e. The Morgan fingerprint density at radius 2 is 1.80 bits per heavy atom. The van der Waals surface area contributed by atoms with Crippen molar-refractivity contribution in [1.82, 2.24) is 9.97 Å². The normalized spacial score (nSPS) is 11.0. The van der Waals surface area contributed by atoms with E-state index < -0.39 is 0 Å². The van der Waals surface area contributed by atoms with Crippen molar-refractivity contribution in [3.63, 3.8) is 0 Å². The number of hydrogen-bond acceptors (Lipinski definition) is 2. The first-order valence-electron chi connectivity index (χ1n) is 6.08. The molecule has 3 nitrogen and oxygen atoms in total. The lowest BCUT2D eigenvalue weighted by atomic mass is 10.2. The van der Waals surface area contributed by atoms with Gasteiger partial charge in [0, 0.05) is 5.56 Å². The van der Waals surface area contributed by atoms with Gasteiger partial charge < -0.3 is 9.72 Å². The molecule has 0 spiro atoms. The number of aryl methyl sites for hydroxylation is 1. The Hall–Kier alpha value is -1.71. The van der Waals surface area contributed by atoms with Crippen LogP contribution in [-0.2, 0) is 0 Å². The van der Waals surface area contributed by atoms with Crippen LogP contribution in [0.5, 0.6) is 5.75 Å². The van der Waals surface area contributed by atoms with E-state index >= 15 is 0 Å². The van der Waals surface area contributed by atoms with E-state index in [9.17, 15) is 0 Å². The first-order valence-corrected chi connectivity index (χ1v) is 6.84. The van der Waals surface area contributed by atoms with E-state index in [-0.39, 0.29) is 0 Å². The van der Waals surface area contributed by atoms with Crippen molar-refractivity contribution in [2.24, 2.45) is 0 Å². The predicted octanol–water partition coefficient (Wildman–Crippen LogP) is 4.85. The lowest BCUT2D eigenvalue weighted by molar-refractivity contribution is 0.415. The number of hydrogen-bond donors (Lipinski definition) is 1. The number of methoxy groups -OCH3 is 1. The maximum atomic E-state index is 6.16. The Balaban J connectivity index is 2.15. The molecule has 5 heteroatoms. The number of fused-ring (bicyclic) bond motifs is 1. The molecule has 1 aromatic heterocycles. The van der Waals surface area contributed by atoms with Crippen LogP contribution < -0.4 is 4.74 Å². The van der Waals surface area contributed by atoms with Gasteiger partial charge in [0.15, 0.2) is 5.75 Å². The third kappa shape index (κ3) is 2.23. The summed E-state index contributed by atoms with van der Waals surface area (Å²) >= 11 is 12.3. The molecule has 0 atom stereocenters. The van der Waals surface area contributed by atoms with Crippen LogP contribution in [0.25, 0.3) is 22.4 Å². The van der Waals surface area contributed by atoms with Gasteiger partial charge in [0.25, 0.3) is 0 Å². The number of imidazole rings is 1. The highest BCUT2D eigenvalue weighted by molar-refractivity contribution is 6.37. The second-order valence-electron chi connectivity index (χ2n) is 4.58. The summed E-state index contributed by atoms with van der Waals surface area (Å²) in [5, 5.41) is 0.929. The minimum Gasteiger partial charge on any atom is -0.494 e. The van der Waals surface area contributed by atoms with Crippen molar-refractivity contribution in [2.45, 2.75) is 6.92 Å². The van der Waals surface area contributed by atoms with E-state index in [2.05, 4.69) is 16.0 Å². The summed E-state index contributed by atoms with van der Waals surface area (Å²) in [5.41, 5.74) is 3.91. The molecule has 0 unspecified atom stereocenters. The van der Waals surface area contributed by atoms with Gasteiger partial charge in [-0.3, -0.25) is 0 Å². The molecule has 0 aliphatic carbocycles. The van der Waals surface area contributed by atoms with Crippen molar-refractivity contribution in [3.05, 3.63) is 45.9 Å². The lowest BCUT2D eigenvalue weighted by Gasteiger charge is -2.07. The molecule has 3 rings (SSSR count). The lowest BCUT2D eigenvalue weighted by Crippen LogP contribution is -1.88. The van der Waals surface area contributed by atoms with Crippen molar-refractivity contribution in [1.29, 1.82) is 0 Å². The zero-order valence-corrected chi connectivity index (χ0v) is 12.5. The molecular formula is C15H12Cl2N2O. The summed E-state index contributed by atoms with van der Waals surface area (Å²) in [4.78, 5) is 7.82. The molecule has 102 valence electrons. The van der Waals surface area contributed by atoms with Gasteiger partial charge in [0.2, 0.25) is 0 Å². The highest BCUT2D eigenvalue weighted by Crippen LogP contribution is 2.36. The summed E-state index contributed by atoms with van der Waals surface area (Å²) in [6.07, 6.45) is 0. The monoisotopic (exact) mass is 306 g/mol. The summed E-state index contributed by atoms with van der Waals surface area (Å²) in [7, 11) is 1.54. The summed E-state index contributed by atoms with van der Waals surface area (Å²) in [5.74, 6) is 1.21. The molecule has 20 heavy (non-hydrogen) atoms. The third-order valence-electron chi connectivity index (χ3n) is 3.11. The molecule has 1 N–H and O–H groups in total. The number of H-pyrrole nitrogens is 1. The third-order valence-corrected chi connectivity index (χ3v) is 3.67. The van der Waals surface area contributed by atoms with Gasteiger partial charge in [-0.2, -0.15) is 0 Å². The van der Waals surface area contributed by atoms with Crippen LogP contribution in [-0.4, -0.2) is 17.1 Å². The maximum Gasteiger partial charge on any atom is 0.156 e. The Labute approximate surface area is 126 Å². The van der Waals surface area contributed by atoms with Gasteiger partial charge in [0.1, 0.15) is 5.82 Å². The van der Waals surface area contributed by atoms with Gasteiger partial charge >= 0.3 is 0 Å². The van der Waals surface area contributed by atoms with Crippen molar-refractivity contribution in [3.8, 4) is 17.1 Å². The number of benzene rings is 2. The smallest absolute Gasteiger partial charge is 0.156 e. The van der Waals surface area contributed by atoms with E-state index in [0.717, 1.165) is 22.4 Å². The van der Waals surface area contributed by atoms with E-state index in [1.54, 1.807) is 12.1 Å². The average Bonchev–Trinajstić information content (AvgIpc) is 2.81. The van der Waals surface area contributed by atoms with E-state index in [1.807, 2.05) is 19.1 Å². The number of rotatable bonds is 2. The van der Waals surface area contributed by atoms with Crippen LogP contribution in [0.15, 0.2) is 30.3 Å². The molecule has 0 saturated heterocycles. The Bertz CT molecular complexity index is 773. The molecule has 0 bridgehead atoms. The topological polar surface area (TPSA) is 37.9 Å². The van der Waals surface area contributed by atoms with Crippen molar-refractivity contribution >= 4 is 34.2 Å². The van der Waals surface area contributed by atoms with Crippen molar-refractivity contribution < 1.29 is 4.74 Å². The van der Waals surface area contributed by atoms with Crippen molar-refractivity contribution in [2.75, 3.05) is 7.11 Å². The Morgan fingerprint density at radius 3 is 2.45 bits per heavy atom. The van der Waals surface area contributed by atoms with E-state index in [4.69, 9.17) is 27.9 Å². The molecule has 0 aliphatic rings. The summed E-state index contributed by atoms with van der Waals surface area (Å²) in [6, 6.07) is 9.64. The number of nitrogens with zero attached hydrogens (tertiary/aromatic N) is 1. The molecule has 1 heterocycles. The molecule has 2 aromatic carbocycles. The number of ether oxygens (including phenoxy) is 1. The zero-order chi connectivity index (χ0) is 14.3. The Morgan fingerprint density at radius 1 is 1.10 bits per heavy atom.